The van der Waals surface area contributed by atoms with Crippen molar-refractivity contribution in [3.05, 3.63) is 71.8 Å². The van der Waals surface area contributed by atoms with Crippen LogP contribution in [0, 0.1) is 0 Å². The lowest BCUT2D eigenvalue weighted by Crippen LogP contribution is -2.26. The summed E-state index contributed by atoms with van der Waals surface area (Å²) in [5.74, 6) is 0.188. The number of amides is 1. The predicted octanol–water partition coefficient (Wildman–Crippen LogP) is 3.28. The van der Waals surface area contributed by atoms with Crippen LogP contribution in [0.1, 0.15) is 17.5 Å². The molecule has 0 aromatic heterocycles. The molecule has 98 valence electrons. The van der Waals surface area contributed by atoms with Crippen LogP contribution in [0.25, 0.3) is 0 Å². The second kappa shape index (κ2) is 6.74. The number of carbonyl (C=O) groups is 1. The van der Waals surface area contributed by atoms with Crippen LogP contribution in [0.5, 0.6) is 0 Å². The zero-order chi connectivity index (χ0) is 13.5. The van der Waals surface area contributed by atoms with Crippen molar-refractivity contribution < 1.29 is 4.79 Å². The Morgan fingerprint density at radius 3 is 2.00 bits per heavy atom. The van der Waals surface area contributed by atoms with Gasteiger partial charge in [-0.15, -0.1) is 0 Å². The van der Waals surface area contributed by atoms with Crippen LogP contribution in [0.3, 0.4) is 0 Å². The van der Waals surface area contributed by atoms with Gasteiger partial charge in [0.05, 0.1) is 0 Å². The van der Waals surface area contributed by atoms with E-state index in [0.29, 0.717) is 13.0 Å². The zero-order valence-electron chi connectivity index (χ0n) is 11.3. The monoisotopic (exact) mass is 253 g/mol. The molecule has 2 aromatic rings. The van der Waals surface area contributed by atoms with E-state index in [2.05, 4.69) is 12.1 Å². The molecule has 0 spiro atoms. The number of aryl methyl sites for hydroxylation is 1. The second-order valence-corrected chi connectivity index (χ2v) is 4.72. The Hall–Kier alpha value is -2.09. The molecule has 0 saturated carbocycles. The van der Waals surface area contributed by atoms with Crippen molar-refractivity contribution in [1.82, 2.24) is 4.90 Å². The molecule has 0 aliphatic rings. The van der Waals surface area contributed by atoms with Gasteiger partial charge in [-0.1, -0.05) is 60.7 Å². The van der Waals surface area contributed by atoms with Crippen molar-refractivity contribution >= 4 is 5.91 Å². The maximum atomic E-state index is 12.0. The van der Waals surface area contributed by atoms with Gasteiger partial charge in [0.25, 0.3) is 0 Å². The van der Waals surface area contributed by atoms with Gasteiger partial charge in [0.1, 0.15) is 0 Å². The van der Waals surface area contributed by atoms with Crippen molar-refractivity contribution in [2.24, 2.45) is 0 Å². The summed E-state index contributed by atoms with van der Waals surface area (Å²) in [6.45, 7) is 0.675. The number of rotatable bonds is 5. The largest absolute Gasteiger partial charge is 0.341 e. The van der Waals surface area contributed by atoms with E-state index in [0.717, 1.165) is 12.0 Å². The molecular formula is C17H19NO. The van der Waals surface area contributed by atoms with Gasteiger partial charge in [0, 0.05) is 20.0 Å². The number of carbonyl (C=O) groups excluding carboxylic acids is 1. The van der Waals surface area contributed by atoms with Gasteiger partial charge in [-0.05, 0) is 17.5 Å². The quantitative estimate of drug-likeness (QED) is 0.800. The van der Waals surface area contributed by atoms with Crippen molar-refractivity contribution in [2.75, 3.05) is 7.05 Å². The van der Waals surface area contributed by atoms with E-state index in [4.69, 9.17) is 0 Å². The summed E-state index contributed by atoms with van der Waals surface area (Å²) in [5.41, 5.74) is 2.38. The summed E-state index contributed by atoms with van der Waals surface area (Å²) >= 11 is 0. The molecule has 0 N–H and O–H groups in total. The van der Waals surface area contributed by atoms with Gasteiger partial charge in [-0.25, -0.2) is 0 Å². The summed E-state index contributed by atoms with van der Waals surface area (Å²) in [6, 6.07) is 20.2. The van der Waals surface area contributed by atoms with Crippen LogP contribution in [-0.2, 0) is 17.8 Å². The lowest BCUT2D eigenvalue weighted by molar-refractivity contribution is -0.130. The van der Waals surface area contributed by atoms with E-state index in [-0.39, 0.29) is 5.91 Å². The normalized spacial score (nSPS) is 10.2. The van der Waals surface area contributed by atoms with E-state index in [9.17, 15) is 4.79 Å². The Labute approximate surface area is 114 Å². The molecular weight excluding hydrogens is 234 g/mol. The lowest BCUT2D eigenvalue weighted by atomic mass is 10.1. The molecule has 0 saturated heterocycles. The second-order valence-electron chi connectivity index (χ2n) is 4.72. The van der Waals surface area contributed by atoms with Crippen LogP contribution in [0.4, 0.5) is 0 Å². The summed E-state index contributed by atoms with van der Waals surface area (Å²) in [5, 5.41) is 0. The number of hydrogen-bond acceptors (Lipinski definition) is 1. The molecule has 1 amide bonds. The smallest absolute Gasteiger partial charge is 0.222 e. The molecule has 2 rings (SSSR count). The Balaban J connectivity index is 1.83. The summed E-state index contributed by atoms with van der Waals surface area (Å²) in [4.78, 5) is 13.8. The fourth-order valence-electron chi connectivity index (χ4n) is 2.03. The molecule has 0 radical (unpaired) electrons. The highest BCUT2D eigenvalue weighted by atomic mass is 16.2. The molecule has 2 heteroatoms. The molecule has 19 heavy (non-hydrogen) atoms. The topological polar surface area (TPSA) is 20.3 Å². The summed E-state index contributed by atoms with van der Waals surface area (Å²) in [6.07, 6.45) is 1.37. The van der Waals surface area contributed by atoms with Crippen molar-refractivity contribution in [3.8, 4) is 0 Å². The van der Waals surface area contributed by atoms with Crippen LogP contribution in [0.15, 0.2) is 60.7 Å². The van der Waals surface area contributed by atoms with E-state index in [1.165, 1.54) is 5.56 Å². The predicted molar refractivity (Wildman–Crippen MR) is 77.7 cm³/mol. The van der Waals surface area contributed by atoms with Crippen LogP contribution in [-0.4, -0.2) is 17.9 Å². The highest BCUT2D eigenvalue weighted by Crippen LogP contribution is 2.07. The minimum Gasteiger partial charge on any atom is -0.341 e. The molecule has 0 fully saturated rings. The first-order valence-electron chi connectivity index (χ1n) is 6.57. The lowest BCUT2D eigenvalue weighted by Gasteiger charge is -2.17. The van der Waals surface area contributed by atoms with Gasteiger partial charge >= 0.3 is 0 Å². The Morgan fingerprint density at radius 2 is 1.42 bits per heavy atom. The molecule has 2 aromatic carbocycles. The Bertz CT molecular complexity index is 507. The van der Waals surface area contributed by atoms with Crippen LogP contribution in [0.2, 0.25) is 0 Å². The zero-order valence-corrected chi connectivity index (χ0v) is 11.3. The number of benzene rings is 2. The van der Waals surface area contributed by atoms with Gasteiger partial charge in [0.15, 0.2) is 0 Å². The maximum absolute atomic E-state index is 12.0. The summed E-state index contributed by atoms with van der Waals surface area (Å²) in [7, 11) is 1.86. The van der Waals surface area contributed by atoms with Gasteiger partial charge in [-0.3, -0.25) is 4.79 Å². The standard InChI is InChI=1S/C17H19NO/c1-18(14-16-10-6-3-7-11-16)17(19)13-12-15-8-4-2-5-9-15/h2-11H,12-14H2,1H3. The van der Waals surface area contributed by atoms with Gasteiger partial charge in [0.2, 0.25) is 5.91 Å². The van der Waals surface area contributed by atoms with Crippen LogP contribution < -0.4 is 0 Å². The van der Waals surface area contributed by atoms with Crippen LogP contribution >= 0.6 is 0 Å². The molecule has 0 bridgehead atoms. The first-order chi connectivity index (χ1) is 9.25. The fraction of sp³-hybridized carbons (Fsp3) is 0.235. The molecule has 0 atom stereocenters. The highest BCUT2D eigenvalue weighted by Gasteiger charge is 2.08. The van der Waals surface area contributed by atoms with Gasteiger partial charge in [-0.2, -0.15) is 0 Å². The molecule has 0 aliphatic carbocycles. The average molecular weight is 253 g/mol. The third-order valence-electron chi connectivity index (χ3n) is 3.16. The molecule has 0 unspecified atom stereocenters. The first-order valence-corrected chi connectivity index (χ1v) is 6.57. The van der Waals surface area contributed by atoms with Gasteiger partial charge < -0.3 is 4.90 Å². The molecule has 0 aliphatic heterocycles. The van der Waals surface area contributed by atoms with E-state index >= 15 is 0 Å². The van der Waals surface area contributed by atoms with Crippen molar-refractivity contribution in [1.29, 1.82) is 0 Å². The SMILES string of the molecule is CN(Cc1ccccc1)C(=O)CCc1ccccc1. The molecule has 2 nitrogen and oxygen atoms in total. The highest BCUT2D eigenvalue weighted by molar-refractivity contribution is 5.76. The first kappa shape index (κ1) is 13.3. The fourth-order valence-corrected chi connectivity index (χ4v) is 2.03. The van der Waals surface area contributed by atoms with E-state index < -0.39 is 0 Å². The van der Waals surface area contributed by atoms with E-state index in [1.807, 2.05) is 55.6 Å². The maximum Gasteiger partial charge on any atom is 0.222 e. The molecule has 0 heterocycles. The average Bonchev–Trinajstić information content (AvgIpc) is 2.47. The van der Waals surface area contributed by atoms with Crippen molar-refractivity contribution in [3.63, 3.8) is 0 Å². The Morgan fingerprint density at radius 1 is 0.895 bits per heavy atom. The number of hydrogen-bond donors (Lipinski definition) is 0. The Kier molecular flexibility index (Phi) is 4.73. The third kappa shape index (κ3) is 4.25. The minimum atomic E-state index is 0.188. The summed E-state index contributed by atoms with van der Waals surface area (Å²) < 4.78 is 0. The number of nitrogens with zero attached hydrogens (tertiary/aromatic N) is 1. The minimum absolute atomic E-state index is 0.188. The van der Waals surface area contributed by atoms with Crippen molar-refractivity contribution in [2.45, 2.75) is 19.4 Å². The third-order valence-corrected chi connectivity index (χ3v) is 3.16. The van der Waals surface area contributed by atoms with E-state index in [1.54, 1.807) is 4.90 Å².